The van der Waals surface area contributed by atoms with Gasteiger partial charge in [0.15, 0.2) is 0 Å². The first-order valence-electron chi connectivity index (χ1n) is 8.36. The third kappa shape index (κ3) is 6.58. The molecule has 0 aliphatic heterocycles. The topological polar surface area (TPSA) is 84.7 Å². The lowest BCUT2D eigenvalue weighted by Crippen LogP contribution is -2.52. The molecule has 1 rings (SSSR count). The molecule has 0 aliphatic rings. The Hall–Kier alpha value is -2.08. The molecular weight excluding hydrogens is 306 g/mol. The van der Waals surface area contributed by atoms with Gasteiger partial charge in [0, 0.05) is 6.54 Å². The van der Waals surface area contributed by atoms with Gasteiger partial charge in [0.1, 0.15) is 6.04 Å². The van der Waals surface area contributed by atoms with Crippen molar-refractivity contribution < 1.29 is 14.3 Å². The molecule has 1 atom stereocenters. The first-order valence-corrected chi connectivity index (χ1v) is 8.36. The Balaban J connectivity index is 2.50. The SMILES string of the molecule is COC(=O)NC(C(=O)N(CN)CCCCc1ccccc1)C(C)C. The number of hydrogen-bond donors (Lipinski definition) is 2. The van der Waals surface area contributed by atoms with Crippen LogP contribution in [0, 0.1) is 5.92 Å². The molecular formula is C18H29N3O3. The summed E-state index contributed by atoms with van der Waals surface area (Å²) in [5.74, 6) is -0.215. The van der Waals surface area contributed by atoms with Crippen LogP contribution >= 0.6 is 0 Å². The Bertz CT molecular complexity index is 505. The van der Waals surface area contributed by atoms with Crippen LogP contribution in [0.15, 0.2) is 30.3 Å². The molecule has 0 radical (unpaired) electrons. The summed E-state index contributed by atoms with van der Waals surface area (Å²) in [4.78, 5) is 25.6. The summed E-state index contributed by atoms with van der Waals surface area (Å²) >= 11 is 0. The number of hydrogen-bond acceptors (Lipinski definition) is 4. The molecule has 1 aromatic rings. The summed E-state index contributed by atoms with van der Waals surface area (Å²) < 4.78 is 4.59. The minimum Gasteiger partial charge on any atom is -0.453 e. The van der Waals surface area contributed by atoms with E-state index < -0.39 is 12.1 Å². The van der Waals surface area contributed by atoms with Crippen molar-refractivity contribution in [3.8, 4) is 0 Å². The van der Waals surface area contributed by atoms with E-state index in [1.165, 1.54) is 12.7 Å². The average molecular weight is 335 g/mol. The van der Waals surface area contributed by atoms with Crippen LogP contribution in [0.25, 0.3) is 0 Å². The van der Waals surface area contributed by atoms with Crippen LogP contribution in [0.3, 0.4) is 0 Å². The first kappa shape index (κ1) is 20.0. The smallest absolute Gasteiger partial charge is 0.407 e. The summed E-state index contributed by atoms with van der Waals surface area (Å²) in [6.45, 7) is 4.47. The number of amides is 2. The predicted octanol–water partition coefficient (Wildman–Crippen LogP) is 2.13. The Kier molecular flexibility index (Phi) is 8.86. The van der Waals surface area contributed by atoms with Crippen molar-refractivity contribution in [3.63, 3.8) is 0 Å². The maximum Gasteiger partial charge on any atom is 0.407 e. The molecule has 3 N–H and O–H groups in total. The number of aryl methyl sites for hydroxylation is 1. The molecule has 0 fully saturated rings. The van der Waals surface area contributed by atoms with Crippen molar-refractivity contribution in [3.05, 3.63) is 35.9 Å². The molecule has 24 heavy (non-hydrogen) atoms. The number of methoxy groups -OCH3 is 1. The molecule has 134 valence electrons. The summed E-state index contributed by atoms with van der Waals surface area (Å²) in [7, 11) is 1.28. The number of benzene rings is 1. The van der Waals surface area contributed by atoms with Gasteiger partial charge in [-0.05, 0) is 30.7 Å². The first-order chi connectivity index (χ1) is 11.5. The van der Waals surface area contributed by atoms with Crippen LogP contribution in [0.4, 0.5) is 4.79 Å². The molecule has 2 amide bonds. The summed E-state index contributed by atoms with van der Waals surface area (Å²) in [5, 5.41) is 2.59. The zero-order valence-corrected chi connectivity index (χ0v) is 14.8. The lowest BCUT2D eigenvalue weighted by Gasteiger charge is -2.28. The number of alkyl carbamates (subject to hydrolysis) is 1. The number of ether oxygens (including phenoxy) is 1. The fourth-order valence-electron chi connectivity index (χ4n) is 2.46. The van der Waals surface area contributed by atoms with Gasteiger partial charge in [-0.15, -0.1) is 0 Å². The Morgan fingerprint density at radius 1 is 1.21 bits per heavy atom. The molecule has 0 saturated heterocycles. The second-order valence-corrected chi connectivity index (χ2v) is 6.08. The van der Waals surface area contributed by atoms with E-state index in [9.17, 15) is 9.59 Å². The zero-order chi connectivity index (χ0) is 17.9. The van der Waals surface area contributed by atoms with Crippen LogP contribution in [0.1, 0.15) is 32.3 Å². The third-order valence-electron chi connectivity index (χ3n) is 3.91. The number of carbonyl (C=O) groups excluding carboxylic acids is 2. The van der Waals surface area contributed by atoms with Crippen molar-refractivity contribution in [2.45, 2.75) is 39.2 Å². The van der Waals surface area contributed by atoms with Crippen molar-refractivity contribution in [2.75, 3.05) is 20.3 Å². The molecule has 1 unspecified atom stereocenters. The zero-order valence-electron chi connectivity index (χ0n) is 14.8. The van der Waals surface area contributed by atoms with Crippen LogP contribution in [-0.2, 0) is 16.0 Å². The number of carbonyl (C=O) groups is 2. The van der Waals surface area contributed by atoms with Gasteiger partial charge >= 0.3 is 6.09 Å². The second-order valence-electron chi connectivity index (χ2n) is 6.08. The second kappa shape index (κ2) is 10.6. The van der Waals surface area contributed by atoms with Gasteiger partial charge in [-0.25, -0.2) is 4.79 Å². The molecule has 0 heterocycles. The number of unbranched alkanes of at least 4 members (excludes halogenated alkanes) is 1. The lowest BCUT2D eigenvalue weighted by atomic mass is 10.0. The van der Waals surface area contributed by atoms with E-state index >= 15 is 0 Å². The van der Waals surface area contributed by atoms with Crippen LogP contribution in [-0.4, -0.2) is 43.3 Å². The summed E-state index contributed by atoms with van der Waals surface area (Å²) in [5.41, 5.74) is 7.02. The molecule has 0 bridgehead atoms. The maximum atomic E-state index is 12.6. The third-order valence-corrected chi connectivity index (χ3v) is 3.91. The molecule has 0 saturated carbocycles. The Morgan fingerprint density at radius 3 is 2.42 bits per heavy atom. The molecule has 0 spiro atoms. The van der Waals surface area contributed by atoms with E-state index in [2.05, 4.69) is 22.2 Å². The van der Waals surface area contributed by atoms with Gasteiger partial charge in [-0.3, -0.25) is 4.79 Å². The van der Waals surface area contributed by atoms with Gasteiger partial charge in [0.2, 0.25) is 5.91 Å². The molecule has 6 heteroatoms. The Labute approximate surface area is 144 Å². The van der Waals surface area contributed by atoms with Crippen molar-refractivity contribution >= 4 is 12.0 Å². The highest BCUT2D eigenvalue weighted by atomic mass is 16.5. The summed E-state index contributed by atoms with van der Waals surface area (Å²) in [6, 6.07) is 9.61. The van der Waals surface area contributed by atoms with E-state index in [0.29, 0.717) is 6.54 Å². The van der Waals surface area contributed by atoms with E-state index in [4.69, 9.17) is 5.73 Å². The van der Waals surface area contributed by atoms with Gasteiger partial charge < -0.3 is 20.7 Å². The minimum atomic E-state index is -0.630. The highest BCUT2D eigenvalue weighted by molar-refractivity contribution is 5.85. The van der Waals surface area contributed by atoms with E-state index in [1.807, 2.05) is 32.0 Å². The van der Waals surface area contributed by atoms with E-state index in [-0.39, 0.29) is 18.5 Å². The molecule has 1 aromatic carbocycles. The maximum absolute atomic E-state index is 12.6. The standard InChI is InChI=1S/C18H29N3O3/c1-14(2)16(20-18(23)24-3)17(22)21(13-19)12-8-7-11-15-9-5-4-6-10-15/h4-6,9-10,14,16H,7-8,11-13,19H2,1-3H3,(H,20,23). The van der Waals surface area contributed by atoms with Crippen LogP contribution < -0.4 is 11.1 Å². The van der Waals surface area contributed by atoms with E-state index in [0.717, 1.165) is 19.3 Å². The highest BCUT2D eigenvalue weighted by Gasteiger charge is 2.28. The predicted molar refractivity (Wildman–Crippen MR) is 94.3 cm³/mol. The highest BCUT2D eigenvalue weighted by Crippen LogP contribution is 2.09. The summed E-state index contributed by atoms with van der Waals surface area (Å²) in [6.07, 6.45) is 2.20. The average Bonchev–Trinajstić information content (AvgIpc) is 2.59. The molecule has 6 nitrogen and oxygen atoms in total. The van der Waals surface area contributed by atoms with Gasteiger partial charge in [0.25, 0.3) is 0 Å². The monoisotopic (exact) mass is 335 g/mol. The van der Waals surface area contributed by atoms with E-state index in [1.54, 1.807) is 4.90 Å². The van der Waals surface area contributed by atoms with Crippen LogP contribution in [0.5, 0.6) is 0 Å². The quantitative estimate of drug-likeness (QED) is 0.535. The fourth-order valence-corrected chi connectivity index (χ4v) is 2.46. The normalized spacial score (nSPS) is 11.9. The fraction of sp³-hybridized carbons (Fsp3) is 0.556. The van der Waals surface area contributed by atoms with Crippen molar-refractivity contribution in [1.82, 2.24) is 10.2 Å². The van der Waals surface area contributed by atoms with Crippen molar-refractivity contribution in [2.24, 2.45) is 11.7 Å². The van der Waals surface area contributed by atoms with Crippen molar-refractivity contribution in [1.29, 1.82) is 0 Å². The lowest BCUT2D eigenvalue weighted by molar-refractivity contribution is -0.134. The number of nitrogens with one attached hydrogen (secondary N) is 1. The van der Waals surface area contributed by atoms with Crippen LogP contribution in [0.2, 0.25) is 0 Å². The number of nitrogens with zero attached hydrogens (tertiary/aromatic N) is 1. The Morgan fingerprint density at radius 2 is 1.88 bits per heavy atom. The van der Waals surface area contributed by atoms with Gasteiger partial charge in [-0.2, -0.15) is 0 Å². The van der Waals surface area contributed by atoms with Gasteiger partial charge in [0.05, 0.1) is 13.8 Å². The largest absolute Gasteiger partial charge is 0.453 e. The molecule has 0 aromatic heterocycles. The van der Waals surface area contributed by atoms with Gasteiger partial charge in [-0.1, -0.05) is 44.2 Å². The number of nitrogens with two attached hydrogens (primary N) is 1. The molecule has 0 aliphatic carbocycles. The number of rotatable bonds is 9. The minimum absolute atomic E-state index is 0.0463.